The van der Waals surface area contributed by atoms with Crippen LogP contribution in [-0.2, 0) is 5.41 Å². The van der Waals surface area contributed by atoms with E-state index in [0.717, 1.165) is 18.4 Å². The van der Waals surface area contributed by atoms with Crippen molar-refractivity contribution < 1.29 is 8.78 Å². The fourth-order valence-electron chi connectivity index (χ4n) is 2.87. The predicted molar refractivity (Wildman–Crippen MR) is 72.9 cm³/mol. The lowest BCUT2D eigenvalue weighted by atomic mass is 9.69. The highest BCUT2D eigenvalue weighted by Crippen LogP contribution is 2.40. The number of hydrogen-bond acceptors (Lipinski definition) is 1. The van der Waals surface area contributed by atoms with E-state index in [2.05, 4.69) is 15.9 Å². The summed E-state index contributed by atoms with van der Waals surface area (Å²) in [6.07, 6.45) is 3.27. The summed E-state index contributed by atoms with van der Waals surface area (Å²) in [6, 6.07) is 5.18. The number of rotatable bonds is 3. The van der Waals surface area contributed by atoms with E-state index in [9.17, 15) is 8.78 Å². The van der Waals surface area contributed by atoms with Crippen LogP contribution in [0.1, 0.15) is 49.7 Å². The molecule has 0 aromatic heterocycles. The summed E-state index contributed by atoms with van der Waals surface area (Å²) < 4.78 is 25.9. The van der Waals surface area contributed by atoms with E-state index in [1.54, 1.807) is 0 Å². The largest absolute Gasteiger partial charge is 0.330 e. The summed E-state index contributed by atoms with van der Waals surface area (Å²) in [7, 11) is 0. The Hall–Kier alpha value is -0.480. The van der Waals surface area contributed by atoms with Crippen molar-refractivity contribution in [3.63, 3.8) is 0 Å². The Morgan fingerprint density at radius 2 is 1.89 bits per heavy atom. The summed E-state index contributed by atoms with van der Waals surface area (Å²) in [5.41, 5.74) is 7.10. The van der Waals surface area contributed by atoms with Crippen LogP contribution < -0.4 is 5.73 Å². The third kappa shape index (κ3) is 2.59. The molecule has 0 spiro atoms. The van der Waals surface area contributed by atoms with Gasteiger partial charge in [0.2, 0.25) is 0 Å². The van der Waals surface area contributed by atoms with Crippen LogP contribution in [0, 0.1) is 0 Å². The standard InChI is InChI=1S/C14H18BrF2N/c15-12-8-10(4-5-11(12)13(16)17)14(9-18)6-2-1-3-7-14/h4-5,8,13H,1-3,6-7,9,18H2. The lowest BCUT2D eigenvalue weighted by Gasteiger charge is -2.37. The van der Waals surface area contributed by atoms with Crippen molar-refractivity contribution in [1.82, 2.24) is 0 Å². The van der Waals surface area contributed by atoms with E-state index < -0.39 is 6.43 Å². The highest BCUT2D eigenvalue weighted by atomic mass is 79.9. The average molecular weight is 318 g/mol. The first-order chi connectivity index (χ1) is 8.59. The Kier molecular flexibility index (Phi) is 4.38. The lowest BCUT2D eigenvalue weighted by Crippen LogP contribution is -2.37. The molecule has 1 fully saturated rings. The third-order valence-corrected chi connectivity index (χ3v) is 4.74. The van der Waals surface area contributed by atoms with Crippen LogP contribution in [-0.4, -0.2) is 6.54 Å². The monoisotopic (exact) mass is 317 g/mol. The lowest BCUT2D eigenvalue weighted by molar-refractivity contribution is 0.150. The van der Waals surface area contributed by atoms with Gasteiger partial charge < -0.3 is 5.73 Å². The molecule has 4 heteroatoms. The van der Waals surface area contributed by atoms with Crippen LogP contribution in [0.2, 0.25) is 0 Å². The molecule has 18 heavy (non-hydrogen) atoms. The molecule has 1 aromatic rings. The van der Waals surface area contributed by atoms with Gasteiger partial charge in [0.1, 0.15) is 0 Å². The molecule has 0 heterocycles. The Labute approximate surface area is 115 Å². The van der Waals surface area contributed by atoms with E-state index >= 15 is 0 Å². The number of nitrogens with two attached hydrogens (primary N) is 1. The summed E-state index contributed by atoms with van der Waals surface area (Å²) in [5, 5.41) is 0. The van der Waals surface area contributed by atoms with E-state index in [1.165, 1.54) is 25.3 Å². The zero-order valence-electron chi connectivity index (χ0n) is 10.3. The first-order valence-corrected chi connectivity index (χ1v) is 7.16. The smallest absolute Gasteiger partial charge is 0.264 e. The molecule has 2 N–H and O–H groups in total. The molecule has 1 saturated carbocycles. The van der Waals surface area contributed by atoms with Crippen molar-refractivity contribution in [1.29, 1.82) is 0 Å². The highest BCUT2D eigenvalue weighted by Gasteiger charge is 2.33. The quantitative estimate of drug-likeness (QED) is 0.869. The van der Waals surface area contributed by atoms with E-state index in [-0.39, 0.29) is 11.0 Å². The van der Waals surface area contributed by atoms with Crippen LogP contribution >= 0.6 is 15.9 Å². The molecule has 0 radical (unpaired) electrons. The fourth-order valence-corrected chi connectivity index (χ4v) is 3.43. The molecule has 0 atom stereocenters. The second-order valence-electron chi connectivity index (χ2n) is 5.08. The molecule has 1 aliphatic rings. The predicted octanol–water partition coefficient (Wildman–Crippen LogP) is 4.55. The number of benzene rings is 1. The summed E-state index contributed by atoms with van der Waals surface area (Å²) >= 11 is 3.25. The van der Waals surface area contributed by atoms with Crippen molar-refractivity contribution >= 4 is 15.9 Å². The second kappa shape index (κ2) is 5.66. The zero-order valence-corrected chi connectivity index (χ0v) is 11.8. The van der Waals surface area contributed by atoms with Crippen molar-refractivity contribution in [2.24, 2.45) is 5.73 Å². The molecular formula is C14H18BrF2N. The first kappa shape index (κ1) is 13.9. The van der Waals surface area contributed by atoms with E-state index in [4.69, 9.17) is 5.73 Å². The normalized spacial score (nSPS) is 19.2. The van der Waals surface area contributed by atoms with Gasteiger partial charge in [-0.05, 0) is 24.5 Å². The van der Waals surface area contributed by atoms with Crippen molar-refractivity contribution in [2.75, 3.05) is 6.54 Å². The van der Waals surface area contributed by atoms with Crippen LogP contribution in [0.5, 0.6) is 0 Å². The maximum Gasteiger partial charge on any atom is 0.264 e. The van der Waals surface area contributed by atoms with Gasteiger partial charge in [0.25, 0.3) is 6.43 Å². The van der Waals surface area contributed by atoms with Gasteiger partial charge in [0.15, 0.2) is 0 Å². The average Bonchev–Trinajstić information content (AvgIpc) is 2.39. The molecule has 1 aromatic carbocycles. The van der Waals surface area contributed by atoms with Crippen molar-refractivity contribution in [3.05, 3.63) is 33.8 Å². The van der Waals surface area contributed by atoms with Crippen LogP contribution in [0.25, 0.3) is 0 Å². The van der Waals surface area contributed by atoms with E-state index in [1.807, 2.05) is 12.1 Å². The second-order valence-corrected chi connectivity index (χ2v) is 5.94. The molecule has 1 nitrogen and oxygen atoms in total. The maximum absolute atomic E-state index is 12.7. The van der Waals surface area contributed by atoms with Gasteiger partial charge in [0, 0.05) is 22.0 Å². The molecule has 100 valence electrons. The Balaban J connectivity index is 2.34. The minimum Gasteiger partial charge on any atom is -0.330 e. The zero-order chi connectivity index (χ0) is 13.2. The molecule has 0 saturated heterocycles. The minimum absolute atomic E-state index is 0.0125. The molecular weight excluding hydrogens is 300 g/mol. The molecule has 0 aliphatic heterocycles. The van der Waals surface area contributed by atoms with Crippen LogP contribution in [0.3, 0.4) is 0 Å². The Bertz CT molecular complexity index is 414. The topological polar surface area (TPSA) is 26.0 Å². The maximum atomic E-state index is 12.7. The third-order valence-electron chi connectivity index (χ3n) is 4.05. The van der Waals surface area contributed by atoms with Gasteiger partial charge in [-0.3, -0.25) is 0 Å². The minimum atomic E-state index is -2.44. The van der Waals surface area contributed by atoms with Crippen LogP contribution in [0.4, 0.5) is 8.78 Å². The molecule has 0 amide bonds. The van der Waals surface area contributed by atoms with Gasteiger partial charge in [-0.2, -0.15) is 0 Å². The SMILES string of the molecule is NCC1(c2ccc(C(F)F)c(Br)c2)CCCCC1. The fraction of sp³-hybridized carbons (Fsp3) is 0.571. The molecule has 0 bridgehead atoms. The van der Waals surface area contributed by atoms with Gasteiger partial charge >= 0.3 is 0 Å². The van der Waals surface area contributed by atoms with Crippen molar-refractivity contribution in [3.8, 4) is 0 Å². The van der Waals surface area contributed by atoms with Gasteiger partial charge in [-0.15, -0.1) is 0 Å². The summed E-state index contributed by atoms with van der Waals surface area (Å²) in [5.74, 6) is 0. The van der Waals surface area contributed by atoms with Crippen molar-refractivity contribution in [2.45, 2.75) is 43.9 Å². The number of halogens is 3. The summed E-state index contributed by atoms with van der Waals surface area (Å²) in [6.45, 7) is 0.591. The number of hydrogen-bond donors (Lipinski definition) is 1. The Morgan fingerprint density at radius 3 is 2.39 bits per heavy atom. The van der Waals surface area contributed by atoms with Crippen LogP contribution in [0.15, 0.2) is 22.7 Å². The van der Waals surface area contributed by atoms with Gasteiger partial charge in [-0.25, -0.2) is 8.78 Å². The highest BCUT2D eigenvalue weighted by molar-refractivity contribution is 9.10. The summed E-state index contributed by atoms with van der Waals surface area (Å²) in [4.78, 5) is 0. The Morgan fingerprint density at radius 1 is 1.22 bits per heavy atom. The molecule has 1 aliphatic carbocycles. The van der Waals surface area contributed by atoms with Gasteiger partial charge in [-0.1, -0.05) is 47.3 Å². The number of alkyl halides is 2. The van der Waals surface area contributed by atoms with Gasteiger partial charge in [0.05, 0.1) is 0 Å². The molecule has 2 rings (SSSR count). The first-order valence-electron chi connectivity index (χ1n) is 6.37. The molecule has 0 unspecified atom stereocenters. The van der Waals surface area contributed by atoms with E-state index in [0.29, 0.717) is 11.0 Å².